The summed E-state index contributed by atoms with van der Waals surface area (Å²) in [5, 5.41) is 10.2. The van der Waals surface area contributed by atoms with Crippen molar-refractivity contribution < 1.29 is 14.2 Å². The van der Waals surface area contributed by atoms with E-state index in [4.69, 9.17) is 10.5 Å². The summed E-state index contributed by atoms with van der Waals surface area (Å²) in [6.07, 6.45) is 2.57. The highest BCUT2D eigenvalue weighted by Gasteiger charge is 2.24. The van der Waals surface area contributed by atoms with E-state index in [0.717, 1.165) is 66.4 Å². The van der Waals surface area contributed by atoms with Crippen molar-refractivity contribution in [1.82, 2.24) is 4.90 Å². The Balaban J connectivity index is 1.47. The third kappa shape index (κ3) is 5.49. The average Bonchev–Trinajstić information content (AvgIpc) is 3.22. The minimum atomic E-state index is -0.266. The van der Waals surface area contributed by atoms with Gasteiger partial charge in [0.15, 0.2) is 0 Å². The number of nitrogens with zero attached hydrogens (tertiary/aromatic N) is 1. The molecule has 0 saturated carbocycles. The average molecular weight is 491 g/mol. The number of halogens is 1. The zero-order valence-electron chi connectivity index (χ0n) is 19.8. The molecule has 35 heavy (non-hydrogen) atoms. The summed E-state index contributed by atoms with van der Waals surface area (Å²) in [5.74, 6) is 2.06. The lowest BCUT2D eigenvalue weighted by atomic mass is 9.88. The molecule has 4 nitrogen and oxygen atoms in total. The van der Waals surface area contributed by atoms with Gasteiger partial charge in [-0.25, -0.2) is 0 Å². The van der Waals surface area contributed by atoms with E-state index in [0.29, 0.717) is 6.42 Å². The van der Waals surface area contributed by atoms with Crippen molar-refractivity contribution in [3.05, 3.63) is 83.4 Å². The van der Waals surface area contributed by atoms with E-state index < -0.39 is 0 Å². The number of likely N-dealkylation sites (tertiary alicyclic amines) is 1. The molecule has 1 unspecified atom stereocenters. The number of benzene rings is 3. The lowest BCUT2D eigenvalue weighted by Gasteiger charge is -2.18. The normalized spacial score (nSPS) is 18.4. The number of alkyl halides is 1. The Bertz CT molecular complexity index is 1210. The van der Waals surface area contributed by atoms with E-state index in [1.54, 1.807) is 6.07 Å². The molecular formula is C29H31FN2O2S. The van der Waals surface area contributed by atoms with Crippen molar-refractivity contribution in [2.45, 2.75) is 30.3 Å². The van der Waals surface area contributed by atoms with E-state index in [2.05, 4.69) is 35.2 Å². The van der Waals surface area contributed by atoms with Crippen LogP contribution in [-0.4, -0.2) is 48.2 Å². The Morgan fingerprint density at radius 1 is 1.06 bits per heavy atom. The van der Waals surface area contributed by atoms with Crippen LogP contribution in [0.3, 0.4) is 0 Å². The van der Waals surface area contributed by atoms with E-state index in [-0.39, 0.29) is 18.5 Å². The largest absolute Gasteiger partial charge is 0.508 e. The van der Waals surface area contributed by atoms with Gasteiger partial charge in [-0.05, 0) is 83.5 Å². The summed E-state index contributed by atoms with van der Waals surface area (Å²) in [4.78, 5) is 3.45. The first-order valence-electron chi connectivity index (χ1n) is 12.2. The monoisotopic (exact) mass is 490 g/mol. The Kier molecular flexibility index (Phi) is 7.30. The van der Waals surface area contributed by atoms with E-state index in [1.807, 2.05) is 42.1 Å². The second-order valence-corrected chi connectivity index (χ2v) is 10.3. The number of nitrogens with two attached hydrogens (primary N) is 1. The standard InChI is InChI=1S/C29H31FN2O2S/c30-13-2-14-32-15-11-25(19-32)34-24-8-5-20(6-9-24)29-26(21-3-1-4-23(33)17-21)12-16-35-28-18-22(31)7-10-27(28)29/h1,3-10,17-18,25,33H,2,11-16,19,31H2. The fourth-order valence-corrected chi connectivity index (χ4v) is 6.07. The van der Waals surface area contributed by atoms with Crippen LogP contribution in [0.1, 0.15) is 36.0 Å². The first-order valence-corrected chi connectivity index (χ1v) is 13.2. The van der Waals surface area contributed by atoms with E-state index in [1.165, 1.54) is 16.0 Å². The third-order valence-corrected chi connectivity index (χ3v) is 7.72. The smallest absolute Gasteiger partial charge is 0.119 e. The predicted octanol–water partition coefficient (Wildman–Crippen LogP) is 6.24. The fourth-order valence-electron chi connectivity index (χ4n) is 5.00. The van der Waals surface area contributed by atoms with Gasteiger partial charge < -0.3 is 15.6 Å². The van der Waals surface area contributed by atoms with Crippen LogP contribution in [0.2, 0.25) is 0 Å². The SMILES string of the molecule is Nc1ccc2c(c1)SCCC(c1cccc(O)c1)=C2c1ccc(OC2CCN(CCCF)C2)cc1. The third-order valence-electron chi connectivity index (χ3n) is 6.66. The minimum Gasteiger partial charge on any atom is -0.508 e. The van der Waals surface area contributed by atoms with Gasteiger partial charge in [-0.3, -0.25) is 9.29 Å². The summed E-state index contributed by atoms with van der Waals surface area (Å²) in [5.41, 5.74) is 12.6. The number of phenols is 1. The van der Waals surface area contributed by atoms with Crippen molar-refractivity contribution in [2.75, 3.05) is 37.8 Å². The summed E-state index contributed by atoms with van der Waals surface area (Å²) in [7, 11) is 0. The maximum atomic E-state index is 12.5. The topological polar surface area (TPSA) is 58.7 Å². The Morgan fingerprint density at radius 2 is 1.91 bits per heavy atom. The van der Waals surface area contributed by atoms with Crippen LogP contribution in [0.5, 0.6) is 11.5 Å². The molecule has 5 rings (SSSR count). The molecule has 2 aliphatic heterocycles. The van der Waals surface area contributed by atoms with Crippen molar-refractivity contribution in [3.8, 4) is 11.5 Å². The molecule has 2 aliphatic rings. The number of phenolic OH excluding ortho intramolecular Hbond substituents is 1. The number of aromatic hydroxyl groups is 1. The molecule has 3 N–H and O–H groups in total. The number of hydrogen-bond donors (Lipinski definition) is 2. The van der Waals surface area contributed by atoms with Gasteiger partial charge in [0.05, 0.1) is 6.67 Å². The first-order chi connectivity index (χ1) is 17.1. The number of nitrogen functional groups attached to an aromatic ring is 1. The maximum absolute atomic E-state index is 12.5. The number of hydrogen-bond acceptors (Lipinski definition) is 5. The predicted molar refractivity (Wildman–Crippen MR) is 143 cm³/mol. The Morgan fingerprint density at radius 3 is 2.71 bits per heavy atom. The number of anilines is 1. The molecule has 0 spiro atoms. The highest BCUT2D eigenvalue weighted by atomic mass is 32.2. The second kappa shape index (κ2) is 10.8. The summed E-state index contributed by atoms with van der Waals surface area (Å²) in [6.45, 7) is 2.34. The number of rotatable bonds is 7. The van der Waals surface area contributed by atoms with Gasteiger partial charge in [0, 0.05) is 36.0 Å². The summed E-state index contributed by atoms with van der Waals surface area (Å²) < 4.78 is 18.8. The molecule has 0 aliphatic carbocycles. The number of allylic oxidation sites excluding steroid dienone is 1. The quantitative estimate of drug-likeness (QED) is 0.384. The van der Waals surface area contributed by atoms with Gasteiger partial charge in [0.2, 0.25) is 0 Å². The van der Waals surface area contributed by atoms with Crippen LogP contribution in [0, 0.1) is 0 Å². The molecule has 3 aromatic rings. The molecular weight excluding hydrogens is 459 g/mol. The van der Waals surface area contributed by atoms with Gasteiger partial charge in [0.25, 0.3) is 0 Å². The molecule has 0 aromatic heterocycles. The zero-order chi connectivity index (χ0) is 24.2. The highest BCUT2D eigenvalue weighted by Crippen LogP contribution is 2.44. The molecule has 6 heteroatoms. The minimum absolute atomic E-state index is 0.139. The van der Waals surface area contributed by atoms with Crippen LogP contribution in [-0.2, 0) is 0 Å². The van der Waals surface area contributed by atoms with E-state index in [9.17, 15) is 9.50 Å². The molecule has 182 valence electrons. The van der Waals surface area contributed by atoms with Crippen molar-refractivity contribution in [2.24, 2.45) is 0 Å². The van der Waals surface area contributed by atoms with Crippen molar-refractivity contribution in [1.29, 1.82) is 0 Å². The number of thioether (sulfide) groups is 1. The van der Waals surface area contributed by atoms with Gasteiger partial charge >= 0.3 is 0 Å². The van der Waals surface area contributed by atoms with Crippen LogP contribution in [0.25, 0.3) is 11.1 Å². The molecule has 0 amide bonds. The molecule has 0 bridgehead atoms. The Hall–Kier alpha value is -2.96. The van der Waals surface area contributed by atoms with E-state index >= 15 is 0 Å². The first kappa shape index (κ1) is 23.8. The second-order valence-electron chi connectivity index (χ2n) is 9.15. The zero-order valence-corrected chi connectivity index (χ0v) is 20.6. The van der Waals surface area contributed by atoms with Crippen LogP contribution in [0.15, 0.2) is 71.6 Å². The molecule has 2 heterocycles. The van der Waals surface area contributed by atoms with Crippen LogP contribution in [0.4, 0.5) is 10.1 Å². The molecule has 3 aromatic carbocycles. The lowest BCUT2D eigenvalue weighted by molar-refractivity contribution is 0.198. The van der Waals surface area contributed by atoms with Crippen LogP contribution >= 0.6 is 11.8 Å². The number of ether oxygens (including phenoxy) is 1. The van der Waals surface area contributed by atoms with Gasteiger partial charge in [-0.1, -0.05) is 30.3 Å². The lowest BCUT2D eigenvalue weighted by Crippen LogP contribution is -2.26. The molecule has 0 radical (unpaired) electrons. The fraction of sp³-hybridized carbons (Fsp3) is 0.310. The highest BCUT2D eigenvalue weighted by molar-refractivity contribution is 7.99. The summed E-state index contributed by atoms with van der Waals surface area (Å²) >= 11 is 1.82. The molecule has 1 atom stereocenters. The summed E-state index contributed by atoms with van der Waals surface area (Å²) in [6, 6.07) is 22.0. The maximum Gasteiger partial charge on any atom is 0.119 e. The van der Waals surface area contributed by atoms with Crippen LogP contribution < -0.4 is 10.5 Å². The Labute approximate surface area is 210 Å². The molecule has 1 fully saturated rings. The van der Waals surface area contributed by atoms with Gasteiger partial charge in [-0.15, -0.1) is 11.8 Å². The van der Waals surface area contributed by atoms with Crippen molar-refractivity contribution >= 4 is 28.6 Å². The van der Waals surface area contributed by atoms with Gasteiger partial charge in [-0.2, -0.15) is 0 Å². The number of fused-ring (bicyclic) bond motifs is 1. The van der Waals surface area contributed by atoms with Crippen molar-refractivity contribution in [3.63, 3.8) is 0 Å². The van der Waals surface area contributed by atoms with Gasteiger partial charge in [0.1, 0.15) is 17.6 Å². The molecule has 1 saturated heterocycles.